The van der Waals surface area contributed by atoms with Crippen molar-refractivity contribution in [3.8, 4) is 11.5 Å². The van der Waals surface area contributed by atoms with Crippen molar-refractivity contribution in [2.24, 2.45) is 0 Å². The van der Waals surface area contributed by atoms with Gasteiger partial charge in [-0.25, -0.2) is 4.79 Å². The SMILES string of the molecule is O=C(CN1CCCC1Cc1c(C(=O)O)sc2ccccc12)Nc1ccc2c(c1)OCCCO2. The van der Waals surface area contributed by atoms with Gasteiger partial charge in [0.15, 0.2) is 11.5 Å². The average molecular weight is 467 g/mol. The van der Waals surface area contributed by atoms with Gasteiger partial charge in [0, 0.05) is 28.9 Å². The van der Waals surface area contributed by atoms with Crippen molar-refractivity contribution in [3.63, 3.8) is 0 Å². The highest BCUT2D eigenvalue weighted by atomic mass is 32.1. The first-order valence-electron chi connectivity index (χ1n) is 11.3. The third kappa shape index (κ3) is 4.67. The van der Waals surface area contributed by atoms with Gasteiger partial charge in [-0.2, -0.15) is 0 Å². The number of amides is 1. The molecule has 1 atom stereocenters. The molecule has 172 valence electrons. The van der Waals surface area contributed by atoms with Crippen LogP contribution in [0.2, 0.25) is 0 Å². The normalized spacial score (nSPS) is 18.2. The van der Waals surface area contributed by atoms with E-state index in [-0.39, 0.29) is 18.5 Å². The van der Waals surface area contributed by atoms with E-state index in [0.29, 0.717) is 41.7 Å². The monoisotopic (exact) mass is 466 g/mol. The molecule has 0 bridgehead atoms. The molecule has 8 heteroatoms. The Morgan fingerprint density at radius 1 is 1.09 bits per heavy atom. The number of anilines is 1. The van der Waals surface area contributed by atoms with Crippen molar-refractivity contribution >= 4 is 39.0 Å². The van der Waals surface area contributed by atoms with Crippen LogP contribution in [0.25, 0.3) is 10.1 Å². The molecule has 3 aromatic rings. The molecule has 0 radical (unpaired) electrons. The number of nitrogens with one attached hydrogen (secondary N) is 1. The summed E-state index contributed by atoms with van der Waals surface area (Å²) in [6.45, 7) is 2.31. The van der Waals surface area contributed by atoms with Gasteiger partial charge in [0.25, 0.3) is 0 Å². The second-order valence-corrected chi connectivity index (χ2v) is 9.49. The average Bonchev–Trinajstić information content (AvgIpc) is 3.31. The molecule has 7 nitrogen and oxygen atoms in total. The number of fused-ring (bicyclic) bond motifs is 2. The molecule has 2 aliphatic rings. The molecule has 0 spiro atoms. The smallest absolute Gasteiger partial charge is 0.346 e. The molecular formula is C25H26N2O5S. The standard InChI is InChI=1S/C25H26N2O5S/c28-23(26-16-8-9-20-21(13-16)32-12-4-11-31-20)15-27-10-3-5-17(27)14-19-18-6-1-2-7-22(18)33-24(19)25(29)30/h1-2,6-9,13,17H,3-5,10-12,14-15H2,(H,26,28)(H,29,30). The zero-order valence-electron chi connectivity index (χ0n) is 18.2. The summed E-state index contributed by atoms with van der Waals surface area (Å²) in [4.78, 5) is 27.3. The Morgan fingerprint density at radius 2 is 1.91 bits per heavy atom. The maximum atomic E-state index is 12.8. The Hall–Kier alpha value is -3.10. The van der Waals surface area contributed by atoms with E-state index in [4.69, 9.17) is 9.47 Å². The number of ether oxygens (including phenoxy) is 2. The number of likely N-dealkylation sites (tertiary alicyclic amines) is 1. The highest BCUT2D eigenvalue weighted by molar-refractivity contribution is 7.21. The van der Waals surface area contributed by atoms with Gasteiger partial charge in [-0.05, 0) is 55.0 Å². The molecule has 1 aromatic heterocycles. The number of hydrogen-bond donors (Lipinski definition) is 2. The summed E-state index contributed by atoms with van der Waals surface area (Å²) < 4.78 is 12.3. The molecular weight excluding hydrogens is 440 g/mol. The van der Waals surface area contributed by atoms with Gasteiger partial charge in [0.05, 0.1) is 19.8 Å². The fourth-order valence-corrected chi connectivity index (χ4v) is 5.74. The molecule has 2 aliphatic heterocycles. The molecule has 2 aromatic carbocycles. The Balaban J connectivity index is 1.28. The summed E-state index contributed by atoms with van der Waals surface area (Å²) >= 11 is 1.33. The fraction of sp³-hybridized carbons (Fsp3) is 0.360. The van der Waals surface area contributed by atoms with Crippen LogP contribution in [0.3, 0.4) is 0 Å². The largest absolute Gasteiger partial charge is 0.490 e. The van der Waals surface area contributed by atoms with E-state index in [0.717, 1.165) is 41.5 Å². The number of hydrogen-bond acceptors (Lipinski definition) is 6. The van der Waals surface area contributed by atoms with Crippen LogP contribution in [0.4, 0.5) is 5.69 Å². The molecule has 0 aliphatic carbocycles. The Kier molecular flexibility index (Phi) is 6.20. The van der Waals surface area contributed by atoms with Gasteiger partial charge in [-0.3, -0.25) is 9.69 Å². The third-order valence-corrected chi connectivity index (χ3v) is 7.41. The number of aromatic carboxylic acids is 1. The van der Waals surface area contributed by atoms with Crippen molar-refractivity contribution in [3.05, 3.63) is 52.9 Å². The highest BCUT2D eigenvalue weighted by Crippen LogP contribution is 2.35. The Morgan fingerprint density at radius 3 is 2.76 bits per heavy atom. The van der Waals surface area contributed by atoms with Crippen LogP contribution in [-0.2, 0) is 11.2 Å². The highest BCUT2D eigenvalue weighted by Gasteiger charge is 2.29. The maximum Gasteiger partial charge on any atom is 0.346 e. The van der Waals surface area contributed by atoms with E-state index in [2.05, 4.69) is 10.2 Å². The summed E-state index contributed by atoms with van der Waals surface area (Å²) in [5.74, 6) is 0.366. The first-order chi connectivity index (χ1) is 16.1. The molecule has 0 saturated carbocycles. The zero-order valence-corrected chi connectivity index (χ0v) is 19.0. The van der Waals surface area contributed by atoms with Gasteiger partial charge in [-0.1, -0.05) is 18.2 Å². The number of carboxylic acids is 1. The Bertz CT molecular complexity index is 1190. The second kappa shape index (κ2) is 9.41. The molecule has 5 rings (SSSR count). The molecule has 1 saturated heterocycles. The van der Waals surface area contributed by atoms with Crippen LogP contribution in [0.1, 0.15) is 34.5 Å². The first-order valence-corrected chi connectivity index (χ1v) is 12.1. The number of rotatable bonds is 6. The minimum Gasteiger partial charge on any atom is -0.490 e. The van der Waals surface area contributed by atoms with Crippen LogP contribution in [0.5, 0.6) is 11.5 Å². The lowest BCUT2D eigenvalue weighted by molar-refractivity contribution is -0.117. The number of benzene rings is 2. The first kappa shape index (κ1) is 21.7. The summed E-state index contributed by atoms with van der Waals surface area (Å²) in [7, 11) is 0. The minimum absolute atomic E-state index is 0.0926. The minimum atomic E-state index is -0.886. The van der Waals surface area contributed by atoms with E-state index >= 15 is 0 Å². The topological polar surface area (TPSA) is 88.1 Å². The van der Waals surface area contributed by atoms with Crippen LogP contribution >= 0.6 is 11.3 Å². The maximum absolute atomic E-state index is 12.8. The van der Waals surface area contributed by atoms with Crippen molar-refractivity contribution in [1.82, 2.24) is 4.90 Å². The summed E-state index contributed by atoms with van der Waals surface area (Å²) in [5.41, 5.74) is 1.56. The number of carbonyl (C=O) groups is 2. The van der Waals surface area contributed by atoms with Crippen molar-refractivity contribution in [2.45, 2.75) is 31.7 Å². The van der Waals surface area contributed by atoms with Crippen LogP contribution in [0, 0.1) is 0 Å². The molecule has 1 fully saturated rings. The van der Waals surface area contributed by atoms with Crippen molar-refractivity contribution in [2.75, 3.05) is 31.6 Å². The van der Waals surface area contributed by atoms with Crippen molar-refractivity contribution < 1.29 is 24.2 Å². The molecule has 3 heterocycles. The van der Waals surface area contributed by atoms with Gasteiger partial charge < -0.3 is 19.9 Å². The van der Waals surface area contributed by atoms with E-state index in [1.807, 2.05) is 36.4 Å². The summed E-state index contributed by atoms with van der Waals surface area (Å²) in [6.07, 6.45) is 3.39. The summed E-state index contributed by atoms with van der Waals surface area (Å²) in [6, 6.07) is 13.4. The van der Waals surface area contributed by atoms with E-state index in [1.54, 1.807) is 6.07 Å². The van der Waals surface area contributed by atoms with Gasteiger partial charge in [0.2, 0.25) is 5.91 Å². The number of carboxylic acid groups (broad SMARTS) is 1. The predicted molar refractivity (Wildman–Crippen MR) is 128 cm³/mol. The van der Waals surface area contributed by atoms with Gasteiger partial charge in [0.1, 0.15) is 4.88 Å². The predicted octanol–water partition coefficient (Wildman–Crippen LogP) is 4.41. The number of carbonyl (C=O) groups excluding carboxylic acids is 1. The van der Waals surface area contributed by atoms with Crippen LogP contribution in [0.15, 0.2) is 42.5 Å². The van der Waals surface area contributed by atoms with Crippen LogP contribution in [-0.4, -0.2) is 54.2 Å². The molecule has 1 unspecified atom stereocenters. The molecule has 2 N–H and O–H groups in total. The van der Waals surface area contributed by atoms with E-state index in [1.165, 1.54) is 11.3 Å². The Labute approximate surface area is 195 Å². The quantitative estimate of drug-likeness (QED) is 0.560. The third-order valence-electron chi connectivity index (χ3n) is 6.21. The number of thiophene rings is 1. The lowest BCUT2D eigenvalue weighted by Gasteiger charge is -2.24. The van der Waals surface area contributed by atoms with E-state index in [9.17, 15) is 14.7 Å². The van der Waals surface area contributed by atoms with Gasteiger partial charge in [-0.15, -0.1) is 11.3 Å². The molecule has 1 amide bonds. The fourth-order valence-electron chi connectivity index (χ4n) is 4.67. The number of nitrogens with zero attached hydrogens (tertiary/aromatic N) is 1. The zero-order chi connectivity index (χ0) is 22.8. The lowest BCUT2D eigenvalue weighted by Crippen LogP contribution is -2.38. The van der Waals surface area contributed by atoms with E-state index < -0.39 is 5.97 Å². The van der Waals surface area contributed by atoms with Crippen molar-refractivity contribution in [1.29, 1.82) is 0 Å². The second-order valence-electron chi connectivity index (χ2n) is 8.44. The lowest BCUT2D eigenvalue weighted by atomic mass is 10.0. The van der Waals surface area contributed by atoms with Gasteiger partial charge >= 0.3 is 5.97 Å². The summed E-state index contributed by atoms with van der Waals surface area (Å²) in [5, 5.41) is 13.7. The van der Waals surface area contributed by atoms with Crippen LogP contribution < -0.4 is 14.8 Å². The molecule has 33 heavy (non-hydrogen) atoms.